The number of nitrogens with one attached hydrogen (secondary N) is 1. The molecule has 3 N–H and O–H groups in total. The smallest absolute Gasteiger partial charge is 0.288 e. The lowest BCUT2D eigenvalue weighted by Gasteiger charge is -2.16. The minimum atomic E-state index is -1.22. The largest absolute Gasteiger partial charge is 0.769 e. The van der Waals surface area contributed by atoms with Crippen molar-refractivity contribution in [1.82, 2.24) is 4.98 Å². The first-order valence-corrected chi connectivity index (χ1v) is 10.2. The van der Waals surface area contributed by atoms with Crippen LogP contribution in [0.2, 0.25) is 0 Å². The van der Waals surface area contributed by atoms with Crippen LogP contribution in [0.15, 0.2) is 82.9 Å². The molecule has 166 valence electrons. The standard InChI is InChI=1S/C24H22N7O2/c1-31(2)16-12-13-19(27-14-16)21(25)33-24(26)30-22-23(32)28-18-11-7-6-10-17(18)20(29-22)15-8-4-3-5-9-15/h3-14,22H,1-2H3,(H2,26,30)(H,28,32)/q-1. The molecule has 1 aromatic heterocycles. The second-order valence-electron chi connectivity index (χ2n) is 7.42. The zero-order valence-corrected chi connectivity index (χ0v) is 18.1. The first-order valence-electron chi connectivity index (χ1n) is 10.2. The number of amides is 1. The number of amidine groups is 1. The predicted octanol–water partition coefficient (Wildman–Crippen LogP) is 2.61. The number of anilines is 2. The summed E-state index contributed by atoms with van der Waals surface area (Å²) in [6.45, 7) is 0. The molecule has 9 nitrogen and oxygen atoms in total. The third-order valence-corrected chi connectivity index (χ3v) is 4.91. The van der Waals surface area contributed by atoms with Crippen LogP contribution in [0, 0.1) is 0 Å². The van der Waals surface area contributed by atoms with E-state index in [0.717, 1.165) is 16.8 Å². The van der Waals surface area contributed by atoms with Crippen LogP contribution in [0.1, 0.15) is 16.8 Å². The maximum absolute atomic E-state index is 12.8. The number of aliphatic imine (C=N–C) groups is 2. The van der Waals surface area contributed by atoms with E-state index in [9.17, 15) is 10.2 Å². The van der Waals surface area contributed by atoms with Gasteiger partial charge in [-0.15, -0.1) is 0 Å². The molecule has 1 unspecified atom stereocenters. The number of carbonyl (C=O) groups excluding carboxylic acids is 1. The molecule has 3 aromatic rings. The molecule has 0 saturated heterocycles. The van der Waals surface area contributed by atoms with Crippen molar-refractivity contribution in [2.45, 2.75) is 6.17 Å². The van der Waals surface area contributed by atoms with E-state index in [1.54, 1.807) is 24.4 Å². The van der Waals surface area contributed by atoms with E-state index < -0.39 is 24.0 Å². The minimum Gasteiger partial charge on any atom is -0.769 e. The van der Waals surface area contributed by atoms with Gasteiger partial charge in [-0.25, -0.2) is 4.99 Å². The lowest BCUT2D eigenvalue weighted by molar-refractivity contribution is -0.117. The predicted molar refractivity (Wildman–Crippen MR) is 130 cm³/mol. The Bertz CT molecular complexity index is 1240. The number of aromatic nitrogens is 1. The Morgan fingerprint density at radius 3 is 2.52 bits per heavy atom. The van der Waals surface area contributed by atoms with E-state index >= 15 is 0 Å². The van der Waals surface area contributed by atoms with Crippen molar-refractivity contribution in [3.8, 4) is 0 Å². The van der Waals surface area contributed by atoms with Gasteiger partial charge in [0.05, 0.1) is 29.0 Å². The molecular weight excluding hydrogens is 418 g/mol. The van der Waals surface area contributed by atoms with Crippen molar-refractivity contribution < 1.29 is 9.53 Å². The highest BCUT2D eigenvalue weighted by Gasteiger charge is 2.25. The third-order valence-electron chi connectivity index (χ3n) is 4.91. The van der Waals surface area contributed by atoms with Crippen LogP contribution in [0.5, 0.6) is 0 Å². The normalized spacial score (nSPS) is 15.6. The Morgan fingerprint density at radius 1 is 1.09 bits per heavy atom. The number of hydrogen-bond acceptors (Lipinski definition) is 6. The van der Waals surface area contributed by atoms with Gasteiger partial charge in [-0.1, -0.05) is 48.5 Å². The van der Waals surface area contributed by atoms with Crippen molar-refractivity contribution in [1.29, 1.82) is 0 Å². The molecular formula is C24H22N7O2-. The maximum atomic E-state index is 12.8. The number of fused-ring (bicyclic) bond motifs is 1. The van der Waals surface area contributed by atoms with Crippen LogP contribution < -0.4 is 16.0 Å². The maximum Gasteiger partial charge on any atom is 0.288 e. The topological polar surface area (TPSA) is 127 Å². The summed E-state index contributed by atoms with van der Waals surface area (Å²) in [6.07, 6.45) is 0.360. The average Bonchev–Trinajstić information content (AvgIpc) is 2.96. The van der Waals surface area contributed by atoms with Crippen molar-refractivity contribution in [2.75, 3.05) is 24.3 Å². The van der Waals surface area contributed by atoms with Gasteiger partial charge in [0.25, 0.3) is 11.9 Å². The zero-order chi connectivity index (χ0) is 23.4. The lowest BCUT2D eigenvalue weighted by Crippen LogP contribution is -2.29. The van der Waals surface area contributed by atoms with Crippen molar-refractivity contribution in [3.05, 3.63) is 95.2 Å². The summed E-state index contributed by atoms with van der Waals surface area (Å²) in [4.78, 5) is 27.5. The van der Waals surface area contributed by atoms with Crippen LogP contribution in [0.4, 0.5) is 11.4 Å². The van der Waals surface area contributed by atoms with Gasteiger partial charge in [0.15, 0.2) is 0 Å². The number of nitrogens with two attached hydrogens (primary N) is 1. The monoisotopic (exact) mass is 440 g/mol. The summed E-state index contributed by atoms with van der Waals surface area (Å²) in [6, 6.07) is 19.7. The Balaban J connectivity index is 1.62. The number of pyridine rings is 1. The van der Waals surface area contributed by atoms with Crippen LogP contribution >= 0.6 is 0 Å². The first-order chi connectivity index (χ1) is 15.9. The van der Waals surface area contributed by atoms with Gasteiger partial charge in [-0.05, 0) is 18.2 Å². The molecule has 4 rings (SSSR count). The van der Waals surface area contributed by atoms with Gasteiger partial charge in [0, 0.05) is 31.1 Å². The molecule has 0 radical (unpaired) electrons. The van der Waals surface area contributed by atoms with Gasteiger partial charge in [0.2, 0.25) is 6.17 Å². The molecule has 9 heteroatoms. The quantitative estimate of drug-likeness (QED) is 0.476. The summed E-state index contributed by atoms with van der Waals surface area (Å²) >= 11 is 0. The van der Waals surface area contributed by atoms with E-state index in [4.69, 9.17) is 10.5 Å². The summed E-state index contributed by atoms with van der Waals surface area (Å²) in [5, 5.41) is 13.1. The van der Waals surface area contributed by atoms with Gasteiger partial charge in [-0.3, -0.25) is 9.78 Å². The number of para-hydroxylation sites is 1. The SMILES string of the molecule is CN(C)c1ccc(C(=[N-])O/C(N)=N/C2N=C(c3ccccc3)c3ccccc3NC2=O)nc1. The summed E-state index contributed by atoms with van der Waals surface area (Å²) < 4.78 is 5.22. The number of nitrogens with zero attached hydrogens (tertiary/aromatic N) is 5. The highest BCUT2D eigenvalue weighted by Crippen LogP contribution is 2.24. The van der Waals surface area contributed by atoms with E-state index in [2.05, 4.69) is 20.3 Å². The van der Waals surface area contributed by atoms with E-state index in [0.29, 0.717) is 11.4 Å². The Hall–Kier alpha value is -4.53. The highest BCUT2D eigenvalue weighted by atomic mass is 16.5. The lowest BCUT2D eigenvalue weighted by atomic mass is 10.0. The van der Waals surface area contributed by atoms with Crippen LogP contribution in [0.3, 0.4) is 0 Å². The van der Waals surface area contributed by atoms with Gasteiger partial charge < -0.3 is 26.1 Å². The molecule has 1 aliphatic rings. The summed E-state index contributed by atoms with van der Waals surface area (Å²) in [5.41, 5.74) is 9.68. The van der Waals surface area contributed by atoms with Crippen molar-refractivity contribution in [3.63, 3.8) is 0 Å². The van der Waals surface area contributed by atoms with Crippen LogP contribution in [-0.2, 0) is 9.53 Å². The Morgan fingerprint density at radius 2 is 1.82 bits per heavy atom. The molecule has 1 aliphatic heterocycles. The molecule has 1 amide bonds. The van der Waals surface area contributed by atoms with Crippen LogP contribution in [0.25, 0.3) is 5.41 Å². The fourth-order valence-corrected chi connectivity index (χ4v) is 3.24. The number of benzodiazepines with no additional fused rings is 1. The molecule has 0 bridgehead atoms. The molecule has 0 spiro atoms. The number of rotatable bonds is 4. The Labute approximate surface area is 191 Å². The fourth-order valence-electron chi connectivity index (χ4n) is 3.24. The second kappa shape index (κ2) is 9.31. The van der Waals surface area contributed by atoms with E-state index in [1.165, 1.54) is 0 Å². The Kier molecular flexibility index (Phi) is 6.12. The van der Waals surface area contributed by atoms with E-state index in [-0.39, 0.29) is 5.69 Å². The number of hydrogen-bond donors (Lipinski definition) is 2. The first kappa shape index (κ1) is 21.7. The fraction of sp³-hybridized carbons (Fsp3) is 0.125. The molecule has 33 heavy (non-hydrogen) atoms. The minimum absolute atomic E-state index is 0.171. The number of benzene rings is 2. The van der Waals surface area contributed by atoms with Gasteiger partial charge in [-0.2, -0.15) is 4.99 Å². The summed E-state index contributed by atoms with van der Waals surface area (Å²) in [5.74, 6) is -1.01. The molecule has 2 aromatic carbocycles. The zero-order valence-electron chi connectivity index (χ0n) is 18.1. The third kappa shape index (κ3) is 4.87. The van der Waals surface area contributed by atoms with Crippen LogP contribution in [-0.4, -0.2) is 48.8 Å². The van der Waals surface area contributed by atoms with Crippen molar-refractivity contribution >= 4 is 34.9 Å². The van der Waals surface area contributed by atoms with Gasteiger partial charge >= 0.3 is 0 Å². The summed E-state index contributed by atoms with van der Waals surface area (Å²) in [7, 11) is 3.75. The molecule has 0 aliphatic carbocycles. The van der Waals surface area contributed by atoms with Crippen molar-refractivity contribution in [2.24, 2.45) is 15.7 Å². The molecule has 0 saturated carbocycles. The molecule has 2 heterocycles. The average molecular weight is 440 g/mol. The molecule has 0 fully saturated rings. The number of carbonyl (C=O) groups is 1. The highest BCUT2D eigenvalue weighted by molar-refractivity contribution is 6.19. The van der Waals surface area contributed by atoms with Gasteiger partial charge in [0.1, 0.15) is 0 Å². The molecule has 1 atom stereocenters. The second-order valence-corrected chi connectivity index (χ2v) is 7.42. The van der Waals surface area contributed by atoms with E-state index in [1.807, 2.05) is 67.5 Å². The number of ether oxygens (including phenoxy) is 1.